The third-order valence-electron chi connectivity index (χ3n) is 7.14. The average molecular weight is 541 g/mol. The standard InChI is InChI=1S/C32H36N4O4/c1-38-32(37)28-10-11-33-31(23-28)29-9-8-26(22-30(29)34-12-13-35-14-18-39-19-15-35)5-2-25-3-6-27(7-4-25)24-36-16-20-40-21-17-36/h3-4,6-11,22-23,34H,12-21,24H2,1H3. The number of morpholine rings is 2. The van der Waals surface area contributed by atoms with Crippen molar-refractivity contribution in [2.45, 2.75) is 6.54 Å². The van der Waals surface area contributed by atoms with Crippen LogP contribution in [0.25, 0.3) is 11.3 Å². The number of nitrogens with zero attached hydrogens (tertiary/aromatic N) is 3. The van der Waals surface area contributed by atoms with Gasteiger partial charge in [0.15, 0.2) is 0 Å². The van der Waals surface area contributed by atoms with E-state index in [9.17, 15) is 4.79 Å². The van der Waals surface area contributed by atoms with Crippen molar-refractivity contribution in [3.8, 4) is 23.1 Å². The van der Waals surface area contributed by atoms with E-state index in [4.69, 9.17) is 14.2 Å². The number of aromatic nitrogens is 1. The molecule has 0 saturated carbocycles. The van der Waals surface area contributed by atoms with E-state index in [2.05, 4.69) is 62.3 Å². The van der Waals surface area contributed by atoms with Crippen LogP contribution >= 0.6 is 0 Å². The molecule has 2 fully saturated rings. The van der Waals surface area contributed by atoms with Gasteiger partial charge in [0, 0.05) is 74.4 Å². The fraction of sp³-hybridized carbons (Fsp3) is 0.375. The van der Waals surface area contributed by atoms with E-state index in [0.717, 1.165) is 94.6 Å². The van der Waals surface area contributed by atoms with Gasteiger partial charge in [-0.05, 0) is 48.0 Å². The normalized spacial score (nSPS) is 16.1. The summed E-state index contributed by atoms with van der Waals surface area (Å²) in [4.78, 5) is 21.5. The molecule has 0 radical (unpaired) electrons. The Morgan fingerprint density at radius 2 is 1.57 bits per heavy atom. The van der Waals surface area contributed by atoms with Crippen molar-refractivity contribution in [2.24, 2.45) is 0 Å². The zero-order valence-corrected chi connectivity index (χ0v) is 23.0. The lowest BCUT2D eigenvalue weighted by Crippen LogP contribution is -2.39. The molecule has 2 aliphatic rings. The molecule has 2 saturated heterocycles. The van der Waals surface area contributed by atoms with Crippen LogP contribution in [0.5, 0.6) is 0 Å². The van der Waals surface area contributed by atoms with Gasteiger partial charge in [-0.15, -0.1) is 0 Å². The van der Waals surface area contributed by atoms with Gasteiger partial charge in [0.2, 0.25) is 0 Å². The van der Waals surface area contributed by atoms with E-state index in [1.165, 1.54) is 12.7 Å². The zero-order chi connectivity index (χ0) is 27.6. The maximum atomic E-state index is 12.1. The second-order valence-corrected chi connectivity index (χ2v) is 9.90. The topological polar surface area (TPSA) is 76.2 Å². The zero-order valence-electron chi connectivity index (χ0n) is 23.0. The van der Waals surface area contributed by atoms with Crippen molar-refractivity contribution in [1.29, 1.82) is 0 Å². The number of pyridine rings is 1. The molecule has 208 valence electrons. The minimum absolute atomic E-state index is 0.385. The second kappa shape index (κ2) is 14.1. The third kappa shape index (κ3) is 7.68. The first-order valence-corrected chi connectivity index (χ1v) is 13.8. The van der Waals surface area contributed by atoms with E-state index in [1.807, 2.05) is 12.1 Å². The number of esters is 1. The van der Waals surface area contributed by atoms with Gasteiger partial charge in [-0.1, -0.05) is 24.0 Å². The number of hydrogen-bond acceptors (Lipinski definition) is 8. The first kappa shape index (κ1) is 27.8. The fourth-order valence-electron chi connectivity index (χ4n) is 4.84. The Morgan fingerprint density at radius 1 is 0.900 bits per heavy atom. The largest absolute Gasteiger partial charge is 0.465 e. The van der Waals surface area contributed by atoms with Crippen molar-refractivity contribution < 1.29 is 19.0 Å². The van der Waals surface area contributed by atoms with Gasteiger partial charge in [-0.25, -0.2) is 4.79 Å². The minimum atomic E-state index is -0.385. The molecule has 3 aromatic rings. The number of hydrogen-bond donors (Lipinski definition) is 1. The van der Waals surface area contributed by atoms with E-state index in [-0.39, 0.29) is 5.97 Å². The average Bonchev–Trinajstić information content (AvgIpc) is 3.01. The van der Waals surface area contributed by atoms with Gasteiger partial charge in [-0.3, -0.25) is 14.8 Å². The fourth-order valence-corrected chi connectivity index (χ4v) is 4.84. The maximum absolute atomic E-state index is 12.1. The summed E-state index contributed by atoms with van der Waals surface area (Å²) in [5.74, 6) is 6.24. The molecule has 0 bridgehead atoms. The van der Waals surface area contributed by atoms with Crippen molar-refractivity contribution in [3.63, 3.8) is 0 Å². The summed E-state index contributed by atoms with van der Waals surface area (Å²) in [5, 5.41) is 3.59. The third-order valence-corrected chi connectivity index (χ3v) is 7.14. The summed E-state index contributed by atoms with van der Waals surface area (Å²) < 4.78 is 15.8. The molecule has 8 nitrogen and oxygen atoms in total. The van der Waals surface area contributed by atoms with Gasteiger partial charge >= 0.3 is 5.97 Å². The predicted octanol–water partition coefficient (Wildman–Crippen LogP) is 3.51. The molecular weight excluding hydrogens is 504 g/mol. The van der Waals surface area contributed by atoms with Crippen LogP contribution in [0.1, 0.15) is 27.0 Å². The SMILES string of the molecule is COC(=O)c1ccnc(-c2ccc(C#Cc3ccc(CN4CCOCC4)cc3)cc2NCCN2CCOCC2)c1. The molecule has 0 unspecified atom stereocenters. The highest BCUT2D eigenvalue weighted by molar-refractivity contribution is 5.91. The molecule has 2 aromatic carbocycles. The van der Waals surface area contributed by atoms with Gasteiger partial charge in [0.05, 0.1) is 44.8 Å². The number of methoxy groups -OCH3 is 1. The number of carbonyl (C=O) groups excluding carboxylic acids is 1. The molecule has 1 aromatic heterocycles. The van der Waals surface area contributed by atoms with Crippen LogP contribution in [-0.2, 0) is 20.8 Å². The van der Waals surface area contributed by atoms with E-state index in [0.29, 0.717) is 11.3 Å². The Kier molecular flexibility index (Phi) is 9.77. The van der Waals surface area contributed by atoms with E-state index < -0.39 is 0 Å². The van der Waals surface area contributed by atoms with Crippen molar-refractivity contribution in [2.75, 3.05) is 78.1 Å². The van der Waals surface area contributed by atoms with Crippen LogP contribution in [0, 0.1) is 11.8 Å². The number of anilines is 1. The number of ether oxygens (including phenoxy) is 3. The van der Waals surface area contributed by atoms with Crippen LogP contribution in [-0.4, -0.2) is 93.6 Å². The number of carbonyl (C=O) groups is 1. The monoisotopic (exact) mass is 540 g/mol. The summed E-state index contributed by atoms with van der Waals surface area (Å²) >= 11 is 0. The molecule has 5 rings (SSSR count). The summed E-state index contributed by atoms with van der Waals surface area (Å²) in [6, 6.07) is 18.0. The first-order valence-electron chi connectivity index (χ1n) is 13.8. The first-order chi connectivity index (χ1) is 19.7. The highest BCUT2D eigenvalue weighted by Gasteiger charge is 2.14. The van der Waals surface area contributed by atoms with Crippen molar-refractivity contribution >= 4 is 11.7 Å². The molecule has 0 atom stereocenters. The molecular formula is C32H36N4O4. The predicted molar refractivity (Wildman–Crippen MR) is 155 cm³/mol. The van der Waals surface area contributed by atoms with Crippen LogP contribution in [0.15, 0.2) is 60.8 Å². The lowest BCUT2D eigenvalue weighted by Gasteiger charge is -2.26. The molecule has 0 spiro atoms. The molecule has 0 aliphatic carbocycles. The van der Waals surface area contributed by atoms with Gasteiger partial charge in [-0.2, -0.15) is 0 Å². The van der Waals surface area contributed by atoms with Gasteiger partial charge in [0.25, 0.3) is 0 Å². The molecule has 1 N–H and O–H groups in total. The van der Waals surface area contributed by atoms with Crippen molar-refractivity contribution in [3.05, 3.63) is 83.0 Å². The van der Waals surface area contributed by atoms with Crippen LogP contribution < -0.4 is 5.32 Å². The molecule has 0 amide bonds. The Hall–Kier alpha value is -3.74. The summed E-state index contributed by atoms with van der Waals surface area (Å²) in [5.41, 5.74) is 6.16. The second-order valence-electron chi connectivity index (χ2n) is 9.90. The summed E-state index contributed by atoms with van der Waals surface area (Å²) in [6.45, 7) is 9.59. The Morgan fingerprint density at radius 3 is 2.30 bits per heavy atom. The van der Waals surface area contributed by atoms with E-state index >= 15 is 0 Å². The summed E-state index contributed by atoms with van der Waals surface area (Å²) in [6.07, 6.45) is 1.63. The van der Waals surface area contributed by atoms with Gasteiger partial charge < -0.3 is 19.5 Å². The lowest BCUT2D eigenvalue weighted by atomic mass is 10.0. The van der Waals surface area contributed by atoms with Crippen LogP contribution in [0.3, 0.4) is 0 Å². The maximum Gasteiger partial charge on any atom is 0.337 e. The molecule has 2 aliphatic heterocycles. The molecule has 3 heterocycles. The number of benzene rings is 2. The lowest BCUT2D eigenvalue weighted by molar-refractivity contribution is 0.0342. The highest BCUT2D eigenvalue weighted by Crippen LogP contribution is 2.28. The molecule has 40 heavy (non-hydrogen) atoms. The van der Waals surface area contributed by atoms with Gasteiger partial charge in [0.1, 0.15) is 0 Å². The minimum Gasteiger partial charge on any atom is -0.465 e. The molecule has 8 heteroatoms. The quantitative estimate of drug-likeness (QED) is 0.344. The highest BCUT2D eigenvalue weighted by atomic mass is 16.5. The van der Waals surface area contributed by atoms with Crippen LogP contribution in [0.4, 0.5) is 5.69 Å². The Balaban J connectivity index is 1.33. The van der Waals surface area contributed by atoms with Crippen LogP contribution in [0.2, 0.25) is 0 Å². The number of nitrogens with one attached hydrogen (secondary N) is 1. The smallest absolute Gasteiger partial charge is 0.337 e. The summed E-state index contributed by atoms with van der Waals surface area (Å²) in [7, 11) is 1.38. The van der Waals surface area contributed by atoms with Crippen molar-refractivity contribution in [1.82, 2.24) is 14.8 Å². The Labute approximate surface area is 236 Å². The number of rotatable bonds is 8. The van der Waals surface area contributed by atoms with E-state index in [1.54, 1.807) is 18.3 Å². The Bertz CT molecular complexity index is 1340.